The van der Waals surface area contributed by atoms with Crippen LogP contribution in [0.1, 0.15) is 58.8 Å². The second kappa shape index (κ2) is 11.9. The predicted octanol–water partition coefficient (Wildman–Crippen LogP) is 3.79. The largest absolute Gasteiger partial charge is 0.457 e. The Bertz CT molecular complexity index is 912. The summed E-state index contributed by atoms with van der Waals surface area (Å²) in [4.78, 5) is 24.9. The Labute approximate surface area is 205 Å². The van der Waals surface area contributed by atoms with Crippen LogP contribution in [0, 0.1) is 5.92 Å². The van der Waals surface area contributed by atoms with Crippen LogP contribution in [0.3, 0.4) is 0 Å². The van der Waals surface area contributed by atoms with Crippen molar-refractivity contribution in [3.8, 4) is 0 Å². The van der Waals surface area contributed by atoms with Crippen LogP contribution in [0.2, 0.25) is 0 Å². The topological polar surface area (TPSA) is 113 Å². The molecule has 0 saturated heterocycles. The van der Waals surface area contributed by atoms with Gasteiger partial charge in [0, 0.05) is 17.7 Å². The number of esters is 2. The van der Waals surface area contributed by atoms with Crippen molar-refractivity contribution < 1.29 is 34.4 Å². The van der Waals surface area contributed by atoms with E-state index in [4.69, 9.17) is 9.47 Å². The number of ether oxygens (including phenoxy) is 2. The van der Waals surface area contributed by atoms with E-state index in [0.717, 1.165) is 10.5 Å². The van der Waals surface area contributed by atoms with Gasteiger partial charge < -0.3 is 24.8 Å². The molecule has 1 aliphatic rings. The molecule has 3 N–H and O–H groups in total. The Morgan fingerprint density at radius 3 is 2.68 bits per heavy atom. The van der Waals surface area contributed by atoms with Crippen LogP contribution >= 0.6 is 11.3 Å². The van der Waals surface area contributed by atoms with Gasteiger partial charge in [-0.05, 0) is 62.8 Å². The summed E-state index contributed by atoms with van der Waals surface area (Å²) < 4.78 is 11.0. The van der Waals surface area contributed by atoms with Crippen LogP contribution in [0.4, 0.5) is 0 Å². The summed E-state index contributed by atoms with van der Waals surface area (Å²) >= 11 is 1.45. The smallest absolute Gasteiger partial charge is 0.309 e. The molecule has 0 fully saturated rings. The molecule has 1 aromatic rings. The van der Waals surface area contributed by atoms with Gasteiger partial charge in [0.2, 0.25) is 0 Å². The molecule has 6 atom stereocenters. The van der Waals surface area contributed by atoms with E-state index in [1.807, 2.05) is 31.4 Å². The van der Waals surface area contributed by atoms with Crippen molar-refractivity contribution >= 4 is 23.3 Å². The lowest BCUT2D eigenvalue weighted by molar-refractivity contribution is -0.157. The minimum absolute atomic E-state index is 0.134. The maximum absolute atomic E-state index is 12.5. The number of thiophene rings is 1. The molecule has 1 unspecified atom stereocenters. The fraction of sp³-hybridized carbons (Fsp3) is 0.538. The molecule has 2 heterocycles. The van der Waals surface area contributed by atoms with Crippen molar-refractivity contribution in [1.29, 1.82) is 0 Å². The molecular weight excluding hydrogens is 456 g/mol. The molecule has 0 aromatic carbocycles. The average Bonchev–Trinajstić information content (AvgIpc) is 3.28. The van der Waals surface area contributed by atoms with Crippen LogP contribution in [0.15, 0.2) is 53.5 Å². The molecule has 1 aliphatic heterocycles. The summed E-state index contributed by atoms with van der Waals surface area (Å²) in [5.41, 5.74) is -1.82. The van der Waals surface area contributed by atoms with Crippen molar-refractivity contribution in [3.05, 3.63) is 58.3 Å². The molecule has 0 bridgehead atoms. The first kappa shape index (κ1) is 28.0. The molecule has 34 heavy (non-hydrogen) atoms. The van der Waals surface area contributed by atoms with Gasteiger partial charge in [-0.3, -0.25) is 9.59 Å². The van der Waals surface area contributed by atoms with Gasteiger partial charge >= 0.3 is 11.9 Å². The van der Waals surface area contributed by atoms with Gasteiger partial charge in [-0.25, -0.2) is 0 Å². The maximum Gasteiger partial charge on any atom is 0.309 e. The fourth-order valence-corrected chi connectivity index (χ4v) is 4.53. The lowest BCUT2D eigenvalue weighted by atomic mass is 9.88. The van der Waals surface area contributed by atoms with E-state index < -0.39 is 41.5 Å². The number of carbonyl (C=O) groups excluding carboxylic acids is 2. The summed E-state index contributed by atoms with van der Waals surface area (Å²) in [6.45, 7) is 8.17. The van der Waals surface area contributed by atoms with E-state index in [1.165, 1.54) is 18.3 Å². The summed E-state index contributed by atoms with van der Waals surface area (Å²) in [6, 6.07) is 3.73. The van der Waals surface area contributed by atoms with E-state index in [9.17, 15) is 24.9 Å². The van der Waals surface area contributed by atoms with Gasteiger partial charge in [0.15, 0.2) is 0 Å². The van der Waals surface area contributed by atoms with Gasteiger partial charge in [-0.15, -0.1) is 11.3 Å². The predicted molar refractivity (Wildman–Crippen MR) is 131 cm³/mol. The van der Waals surface area contributed by atoms with E-state index in [-0.39, 0.29) is 25.2 Å². The van der Waals surface area contributed by atoms with Crippen molar-refractivity contribution in [2.24, 2.45) is 5.92 Å². The molecule has 8 heteroatoms. The Morgan fingerprint density at radius 1 is 1.35 bits per heavy atom. The maximum atomic E-state index is 12.5. The van der Waals surface area contributed by atoms with E-state index in [0.29, 0.717) is 0 Å². The fourth-order valence-electron chi connectivity index (χ4n) is 3.76. The number of carbonyl (C=O) groups is 2. The molecule has 0 spiro atoms. The first-order valence-electron chi connectivity index (χ1n) is 11.4. The quantitative estimate of drug-likeness (QED) is 0.326. The van der Waals surface area contributed by atoms with E-state index in [2.05, 4.69) is 0 Å². The number of hydrogen-bond donors (Lipinski definition) is 3. The lowest BCUT2D eigenvalue weighted by Gasteiger charge is -2.32. The Morgan fingerprint density at radius 2 is 2.06 bits per heavy atom. The molecule has 0 amide bonds. The highest BCUT2D eigenvalue weighted by atomic mass is 32.1. The molecule has 0 radical (unpaired) electrons. The van der Waals surface area contributed by atoms with Crippen LogP contribution in [0.5, 0.6) is 0 Å². The normalized spacial score (nSPS) is 32.2. The van der Waals surface area contributed by atoms with Crippen molar-refractivity contribution in [3.63, 3.8) is 0 Å². The minimum atomic E-state index is -1.41. The van der Waals surface area contributed by atoms with Crippen LogP contribution in [-0.2, 0) is 24.7 Å². The van der Waals surface area contributed by atoms with Crippen molar-refractivity contribution in [2.75, 3.05) is 0 Å². The summed E-state index contributed by atoms with van der Waals surface area (Å²) in [5.74, 6) is -1.40. The highest BCUT2D eigenvalue weighted by molar-refractivity contribution is 7.10. The molecule has 0 aliphatic carbocycles. The third-order valence-electron chi connectivity index (χ3n) is 5.87. The van der Waals surface area contributed by atoms with Crippen LogP contribution in [-0.4, -0.2) is 51.2 Å². The molecule has 188 valence electrons. The molecule has 7 nitrogen and oxygen atoms in total. The second-order valence-electron chi connectivity index (χ2n) is 9.33. The summed E-state index contributed by atoms with van der Waals surface area (Å²) in [5, 5.41) is 33.7. The van der Waals surface area contributed by atoms with Gasteiger partial charge in [0.05, 0.1) is 12.5 Å². The second-order valence-corrected chi connectivity index (χ2v) is 10.3. The van der Waals surface area contributed by atoms with Crippen LogP contribution < -0.4 is 0 Å². The number of allylic oxidation sites excluding steroid dienone is 2. The zero-order valence-electron chi connectivity index (χ0n) is 20.4. The number of hydrogen-bond acceptors (Lipinski definition) is 8. The standard InChI is InChI=1S/C26H36O7S/c1-17(8-6-13-26(5,31)22-9-7-15-34-22)24-18(2)10-11-21(32-19(3)27)25(4,30)14-12-20(28)16-23(29)33-24/h6-11,13,15,18,20-21,24,28,30-31H,12,14,16H2,1-5H3/b11-10+,13-6+,17-8+/t18-,20+,21-,24+,25+,26?/m0/s1. The summed E-state index contributed by atoms with van der Waals surface area (Å²) in [6.07, 6.45) is 6.00. The van der Waals surface area contributed by atoms with Gasteiger partial charge in [-0.1, -0.05) is 31.2 Å². The monoisotopic (exact) mass is 492 g/mol. The van der Waals surface area contributed by atoms with Crippen LogP contribution in [0.25, 0.3) is 0 Å². The molecule has 2 rings (SSSR count). The number of rotatable bonds is 5. The Balaban J connectivity index is 2.32. The van der Waals surface area contributed by atoms with Crippen molar-refractivity contribution in [1.82, 2.24) is 0 Å². The number of aliphatic hydroxyl groups is 3. The van der Waals surface area contributed by atoms with Gasteiger partial charge in [0.25, 0.3) is 0 Å². The molecule has 1 aromatic heterocycles. The zero-order valence-corrected chi connectivity index (χ0v) is 21.2. The Hall–Kier alpha value is -2.26. The van der Waals surface area contributed by atoms with Crippen molar-refractivity contribution in [2.45, 2.75) is 83.4 Å². The average molecular weight is 493 g/mol. The third-order valence-corrected chi connectivity index (χ3v) is 6.96. The Kier molecular flexibility index (Phi) is 9.82. The van der Waals surface area contributed by atoms with Gasteiger partial charge in [0.1, 0.15) is 23.4 Å². The summed E-state index contributed by atoms with van der Waals surface area (Å²) in [7, 11) is 0. The molecule has 0 saturated carbocycles. The third kappa shape index (κ3) is 8.20. The van der Waals surface area contributed by atoms with Gasteiger partial charge in [-0.2, -0.15) is 0 Å². The lowest BCUT2D eigenvalue weighted by Crippen LogP contribution is -2.42. The molecular formula is C26H36O7S. The highest BCUT2D eigenvalue weighted by Gasteiger charge is 2.35. The number of cyclic esters (lactones) is 1. The minimum Gasteiger partial charge on any atom is -0.457 e. The number of aliphatic hydroxyl groups excluding tert-OH is 1. The highest BCUT2D eigenvalue weighted by Crippen LogP contribution is 2.28. The first-order valence-corrected chi connectivity index (χ1v) is 12.3. The first-order chi connectivity index (χ1) is 15.8. The van der Waals surface area contributed by atoms with E-state index >= 15 is 0 Å². The SMILES string of the molecule is CC(=O)O[C@H]1/C=C/[C@H](C)[C@@H](/C(C)=C/C=C/C(C)(O)c2cccs2)OC(=O)C[C@H](O)CC[C@@]1(C)O. The zero-order chi connectivity index (χ0) is 25.5. The van der Waals surface area contributed by atoms with E-state index in [1.54, 1.807) is 44.2 Å².